The fourth-order valence-electron chi connectivity index (χ4n) is 4.13. The van der Waals surface area contributed by atoms with Gasteiger partial charge in [0.1, 0.15) is 23.4 Å². The van der Waals surface area contributed by atoms with Crippen LogP contribution in [0.5, 0.6) is 11.5 Å². The van der Waals surface area contributed by atoms with Crippen molar-refractivity contribution in [3.63, 3.8) is 0 Å². The monoisotopic (exact) mass is 463 g/mol. The first-order chi connectivity index (χ1) is 15.4. The molecule has 32 heavy (non-hydrogen) atoms. The first-order valence-corrected chi connectivity index (χ1v) is 11.1. The Morgan fingerprint density at radius 3 is 2.84 bits per heavy atom. The maximum absolute atomic E-state index is 13.1. The second-order valence-corrected chi connectivity index (χ2v) is 8.41. The number of hydrogen-bond donors (Lipinski definition) is 2. The molecule has 0 bridgehead atoms. The number of ether oxygens (including phenoxy) is 3. The minimum Gasteiger partial charge on any atom is -0.493 e. The highest BCUT2D eigenvalue weighted by Gasteiger charge is 2.38. The molecular formula is C23H27ClFN3O4. The van der Waals surface area contributed by atoms with Gasteiger partial charge in [-0.15, -0.1) is 0 Å². The molecule has 2 aliphatic heterocycles. The number of nitrogen functional groups attached to an aromatic ring is 1. The predicted octanol–water partition coefficient (Wildman–Crippen LogP) is 3.11. The minimum absolute atomic E-state index is 0.0214. The number of benzene rings is 2. The summed E-state index contributed by atoms with van der Waals surface area (Å²) in [6.07, 6.45) is 0.727. The number of nitrogens with two attached hydrogens (primary N) is 1. The first kappa shape index (κ1) is 22.6. The van der Waals surface area contributed by atoms with E-state index in [1.54, 1.807) is 18.2 Å². The molecule has 2 aromatic carbocycles. The minimum atomic E-state index is -0.292. The number of amides is 1. The third kappa shape index (κ3) is 5.26. The van der Waals surface area contributed by atoms with Gasteiger partial charge in [-0.1, -0.05) is 11.6 Å². The Labute approximate surface area is 191 Å². The molecule has 2 fully saturated rings. The Bertz CT molecular complexity index is 959. The quantitative estimate of drug-likeness (QED) is 0.614. The topological polar surface area (TPSA) is 86.0 Å². The Balaban J connectivity index is 1.30. The van der Waals surface area contributed by atoms with Crippen molar-refractivity contribution in [1.82, 2.24) is 10.2 Å². The molecule has 0 saturated carbocycles. The van der Waals surface area contributed by atoms with Crippen LogP contribution in [-0.4, -0.2) is 61.9 Å². The van der Waals surface area contributed by atoms with Crippen molar-refractivity contribution < 1.29 is 23.4 Å². The number of hydrogen-bond acceptors (Lipinski definition) is 6. The standard InChI is InChI=1S/C23H27ClFN3O4/c1-2-30-22-9-21(26)20(24)8-19(22)23(29)27-10-18-12-28-11-17(7-15(28)13-31-18)32-16-5-3-14(25)4-6-16/h3-6,8-9,15,17-18H,2,7,10-13,26H2,1H3,(H,27,29)/t15-,17+,18+/m0/s1. The third-order valence-corrected chi connectivity index (χ3v) is 6.03. The predicted molar refractivity (Wildman–Crippen MR) is 120 cm³/mol. The molecular weight excluding hydrogens is 437 g/mol. The number of carbonyl (C=O) groups is 1. The average Bonchev–Trinajstić information content (AvgIpc) is 3.17. The normalized spacial score (nSPS) is 22.9. The van der Waals surface area contributed by atoms with Crippen LogP contribution >= 0.6 is 11.6 Å². The molecule has 0 unspecified atom stereocenters. The van der Waals surface area contributed by atoms with Crippen molar-refractivity contribution in [1.29, 1.82) is 0 Å². The van der Waals surface area contributed by atoms with Gasteiger partial charge in [-0.3, -0.25) is 9.69 Å². The lowest BCUT2D eigenvalue weighted by molar-refractivity contribution is -0.0463. The van der Waals surface area contributed by atoms with Crippen LogP contribution < -0.4 is 20.5 Å². The van der Waals surface area contributed by atoms with Crippen LogP contribution in [0.3, 0.4) is 0 Å². The smallest absolute Gasteiger partial charge is 0.255 e. The molecule has 2 aromatic rings. The molecule has 3 N–H and O–H groups in total. The zero-order valence-electron chi connectivity index (χ0n) is 17.9. The lowest BCUT2D eigenvalue weighted by atomic mass is 10.1. The van der Waals surface area contributed by atoms with E-state index in [1.165, 1.54) is 18.2 Å². The van der Waals surface area contributed by atoms with Gasteiger partial charge in [-0.25, -0.2) is 4.39 Å². The van der Waals surface area contributed by atoms with Crippen LogP contribution in [0.4, 0.5) is 10.1 Å². The van der Waals surface area contributed by atoms with E-state index in [2.05, 4.69) is 10.2 Å². The number of anilines is 1. The van der Waals surface area contributed by atoms with E-state index in [-0.39, 0.29) is 30.0 Å². The number of fused-ring (bicyclic) bond motifs is 1. The highest BCUT2D eigenvalue weighted by Crippen LogP contribution is 2.30. The number of rotatable bonds is 7. The van der Waals surface area contributed by atoms with Crippen molar-refractivity contribution in [3.8, 4) is 11.5 Å². The highest BCUT2D eigenvalue weighted by molar-refractivity contribution is 6.33. The molecule has 9 heteroatoms. The number of nitrogens with zero attached hydrogens (tertiary/aromatic N) is 1. The first-order valence-electron chi connectivity index (χ1n) is 10.7. The molecule has 2 heterocycles. The van der Waals surface area contributed by atoms with Crippen molar-refractivity contribution in [2.24, 2.45) is 0 Å². The second kappa shape index (κ2) is 9.94. The molecule has 0 aromatic heterocycles. The molecule has 3 atom stereocenters. The van der Waals surface area contributed by atoms with Crippen LogP contribution in [0, 0.1) is 5.82 Å². The summed E-state index contributed by atoms with van der Waals surface area (Å²) in [5.41, 5.74) is 6.53. The molecule has 0 radical (unpaired) electrons. The van der Waals surface area contributed by atoms with Crippen LogP contribution in [0.1, 0.15) is 23.7 Å². The van der Waals surface area contributed by atoms with E-state index in [9.17, 15) is 9.18 Å². The number of carbonyl (C=O) groups excluding carboxylic acids is 1. The van der Waals surface area contributed by atoms with Crippen LogP contribution in [0.15, 0.2) is 36.4 Å². The van der Waals surface area contributed by atoms with Gasteiger partial charge in [0.2, 0.25) is 0 Å². The fraction of sp³-hybridized carbons (Fsp3) is 0.435. The molecule has 0 aliphatic carbocycles. The highest BCUT2D eigenvalue weighted by atomic mass is 35.5. The Morgan fingerprint density at radius 1 is 1.31 bits per heavy atom. The third-order valence-electron chi connectivity index (χ3n) is 5.70. The van der Waals surface area contributed by atoms with E-state index < -0.39 is 0 Å². The van der Waals surface area contributed by atoms with E-state index in [0.717, 1.165) is 13.0 Å². The lowest BCUT2D eigenvalue weighted by Gasteiger charge is -2.34. The fourth-order valence-corrected chi connectivity index (χ4v) is 4.30. The van der Waals surface area contributed by atoms with Crippen molar-refractivity contribution >= 4 is 23.2 Å². The van der Waals surface area contributed by atoms with Gasteiger partial charge in [0.05, 0.1) is 35.6 Å². The van der Waals surface area contributed by atoms with Crippen molar-refractivity contribution in [2.45, 2.75) is 31.6 Å². The van der Waals surface area contributed by atoms with E-state index in [0.29, 0.717) is 54.1 Å². The maximum atomic E-state index is 13.1. The van der Waals surface area contributed by atoms with Gasteiger partial charge in [0.15, 0.2) is 0 Å². The Morgan fingerprint density at radius 2 is 2.09 bits per heavy atom. The molecule has 172 valence electrons. The number of morpholine rings is 1. The van der Waals surface area contributed by atoms with Gasteiger partial charge in [0, 0.05) is 38.2 Å². The summed E-state index contributed by atoms with van der Waals surface area (Å²) >= 11 is 6.10. The average molecular weight is 464 g/mol. The van der Waals surface area contributed by atoms with Gasteiger partial charge < -0.3 is 25.3 Å². The summed E-state index contributed by atoms with van der Waals surface area (Å²) in [7, 11) is 0. The summed E-state index contributed by atoms with van der Waals surface area (Å²) in [6.45, 7) is 4.63. The Kier molecular flexibility index (Phi) is 7.03. The SMILES string of the molecule is CCOc1cc(N)c(Cl)cc1C(=O)NC[C@@H]1CN2C[C@H](Oc3ccc(F)cc3)C[C@H]2CO1. The summed E-state index contributed by atoms with van der Waals surface area (Å²) in [6, 6.07) is 9.42. The van der Waals surface area contributed by atoms with E-state index >= 15 is 0 Å². The van der Waals surface area contributed by atoms with Gasteiger partial charge in [-0.2, -0.15) is 0 Å². The Hall–Kier alpha value is -2.55. The van der Waals surface area contributed by atoms with Crippen LogP contribution in [0.2, 0.25) is 5.02 Å². The summed E-state index contributed by atoms with van der Waals surface area (Å²) < 4.78 is 30.6. The van der Waals surface area contributed by atoms with Crippen LogP contribution in [0.25, 0.3) is 0 Å². The van der Waals surface area contributed by atoms with E-state index in [4.69, 9.17) is 31.5 Å². The largest absolute Gasteiger partial charge is 0.493 e. The van der Waals surface area contributed by atoms with Crippen molar-refractivity contribution in [3.05, 3.63) is 52.8 Å². The van der Waals surface area contributed by atoms with E-state index in [1.807, 2.05) is 6.92 Å². The number of nitrogens with one attached hydrogen (secondary N) is 1. The molecule has 2 aliphatic rings. The second-order valence-electron chi connectivity index (χ2n) is 8.01. The summed E-state index contributed by atoms with van der Waals surface area (Å²) in [4.78, 5) is 15.1. The van der Waals surface area contributed by atoms with Gasteiger partial charge in [-0.05, 0) is 37.3 Å². The molecule has 4 rings (SSSR count). The zero-order valence-corrected chi connectivity index (χ0v) is 18.6. The molecule has 7 nitrogen and oxygen atoms in total. The number of halogens is 2. The molecule has 2 saturated heterocycles. The molecule has 1 amide bonds. The lowest BCUT2D eigenvalue weighted by Crippen LogP contribution is -2.50. The summed E-state index contributed by atoms with van der Waals surface area (Å²) in [5, 5.41) is 3.22. The summed E-state index contributed by atoms with van der Waals surface area (Å²) in [5.74, 6) is 0.485. The van der Waals surface area contributed by atoms with Gasteiger partial charge in [0.25, 0.3) is 5.91 Å². The van der Waals surface area contributed by atoms with Gasteiger partial charge >= 0.3 is 0 Å². The zero-order chi connectivity index (χ0) is 22.7. The molecule has 0 spiro atoms. The van der Waals surface area contributed by atoms with Crippen molar-refractivity contribution in [2.75, 3.05) is 38.6 Å². The van der Waals surface area contributed by atoms with Crippen LogP contribution in [-0.2, 0) is 4.74 Å². The maximum Gasteiger partial charge on any atom is 0.255 e.